The molecule has 0 aromatic heterocycles. The molecule has 0 aliphatic carbocycles. The van der Waals surface area contributed by atoms with E-state index in [9.17, 15) is 4.79 Å². The number of hydrogen-bond donors (Lipinski definition) is 1. The van der Waals surface area contributed by atoms with Crippen LogP contribution in [0.2, 0.25) is 0 Å². The van der Waals surface area contributed by atoms with Crippen molar-refractivity contribution in [2.24, 2.45) is 5.92 Å². The molecule has 1 heterocycles. The quantitative estimate of drug-likeness (QED) is 0.650. The van der Waals surface area contributed by atoms with Gasteiger partial charge in [0.15, 0.2) is 11.5 Å². The zero-order valence-electron chi connectivity index (χ0n) is 17.9. The van der Waals surface area contributed by atoms with Crippen LogP contribution in [0.1, 0.15) is 18.4 Å². The van der Waals surface area contributed by atoms with Crippen molar-refractivity contribution < 1.29 is 19.0 Å². The minimum absolute atomic E-state index is 0.0695. The van der Waals surface area contributed by atoms with Gasteiger partial charge in [0, 0.05) is 19.0 Å². The summed E-state index contributed by atoms with van der Waals surface area (Å²) in [4.78, 5) is 14.6. The maximum absolute atomic E-state index is 12.4. The van der Waals surface area contributed by atoms with Crippen molar-refractivity contribution in [1.82, 2.24) is 10.2 Å². The number of amides is 1. The van der Waals surface area contributed by atoms with Gasteiger partial charge in [-0.25, -0.2) is 0 Å². The molecule has 1 unspecified atom stereocenters. The molecule has 0 saturated carbocycles. The van der Waals surface area contributed by atoms with Crippen molar-refractivity contribution in [2.75, 3.05) is 47.0 Å². The number of carbonyl (C=O) groups excluding carboxylic acids is 1. The molecule has 0 spiro atoms. The Kier molecular flexibility index (Phi) is 8.39. The molecule has 1 aliphatic heterocycles. The summed E-state index contributed by atoms with van der Waals surface area (Å²) in [6, 6.07) is 15.7. The maximum Gasteiger partial charge on any atom is 0.234 e. The average molecular weight is 413 g/mol. The molecule has 162 valence electrons. The summed E-state index contributed by atoms with van der Waals surface area (Å²) in [5, 5.41) is 3.03. The first-order chi connectivity index (χ1) is 14.7. The normalized spacial score (nSPS) is 16.7. The number of nitrogens with zero attached hydrogens (tertiary/aromatic N) is 1. The minimum Gasteiger partial charge on any atom is -0.493 e. The van der Waals surface area contributed by atoms with Gasteiger partial charge >= 0.3 is 0 Å². The first kappa shape index (κ1) is 22.0. The fraction of sp³-hybridized carbons (Fsp3) is 0.458. The summed E-state index contributed by atoms with van der Waals surface area (Å²) in [6.07, 6.45) is 2.99. The molecule has 1 aliphatic rings. The van der Waals surface area contributed by atoms with Gasteiger partial charge in [-0.05, 0) is 55.6 Å². The lowest BCUT2D eigenvalue weighted by Crippen LogP contribution is -2.44. The third-order valence-corrected chi connectivity index (χ3v) is 5.38. The van der Waals surface area contributed by atoms with E-state index in [0.717, 1.165) is 43.7 Å². The van der Waals surface area contributed by atoms with Crippen LogP contribution in [0.5, 0.6) is 17.2 Å². The molecule has 1 N–H and O–H groups in total. The number of ether oxygens (including phenoxy) is 3. The van der Waals surface area contributed by atoms with Crippen molar-refractivity contribution in [3.05, 3.63) is 54.1 Å². The molecule has 0 bridgehead atoms. The minimum atomic E-state index is 0.0695. The number of hydrogen-bond acceptors (Lipinski definition) is 5. The van der Waals surface area contributed by atoms with Crippen LogP contribution in [0.4, 0.5) is 0 Å². The number of para-hydroxylation sites is 1. The molecule has 3 rings (SSSR count). The van der Waals surface area contributed by atoms with E-state index in [2.05, 4.69) is 10.2 Å². The van der Waals surface area contributed by atoms with Crippen LogP contribution in [0, 0.1) is 5.92 Å². The molecular formula is C24H32N2O4. The summed E-state index contributed by atoms with van der Waals surface area (Å²) in [5.41, 5.74) is 1.10. The number of rotatable bonds is 10. The lowest BCUT2D eigenvalue weighted by Gasteiger charge is -2.32. The molecule has 1 saturated heterocycles. The largest absolute Gasteiger partial charge is 0.493 e. The van der Waals surface area contributed by atoms with Crippen molar-refractivity contribution in [3.63, 3.8) is 0 Å². The van der Waals surface area contributed by atoms with Gasteiger partial charge in [-0.2, -0.15) is 0 Å². The number of likely N-dealkylation sites (tertiary alicyclic amines) is 1. The van der Waals surface area contributed by atoms with E-state index in [1.165, 1.54) is 0 Å². The molecule has 2 aromatic carbocycles. The van der Waals surface area contributed by atoms with E-state index in [1.54, 1.807) is 14.2 Å². The Morgan fingerprint density at radius 1 is 1.10 bits per heavy atom. The first-order valence-corrected chi connectivity index (χ1v) is 10.6. The molecule has 0 radical (unpaired) electrons. The highest BCUT2D eigenvalue weighted by Gasteiger charge is 2.22. The van der Waals surface area contributed by atoms with Gasteiger partial charge in [-0.1, -0.05) is 24.3 Å². The molecule has 6 nitrogen and oxygen atoms in total. The van der Waals surface area contributed by atoms with Crippen LogP contribution in [0.3, 0.4) is 0 Å². The number of carbonyl (C=O) groups is 1. The Balaban J connectivity index is 1.38. The van der Waals surface area contributed by atoms with Crippen LogP contribution in [-0.4, -0.2) is 57.8 Å². The highest BCUT2D eigenvalue weighted by molar-refractivity contribution is 5.78. The van der Waals surface area contributed by atoms with Crippen LogP contribution in [-0.2, 0) is 11.2 Å². The SMILES string of the molecule is COc1ccc(CCNC(=O)CN2CCCC(COc3ccccc3)C2)cc1OC. The van der Waals surface area contributed by atoms with E-state index in [4.69, 9.17) is 14.2 Å². The Bertz CT molecular complexity index is 797. The van der Waals surface area contributed by atoms with Crippen molar-refractivity contribution >= 4 is 5.91 Å². The Morgan fingerprint density at radius 2 is 1.90 bits per heavy atom. The summed E-state index contributed by atoms with van der Waals surface area (Å²) < 4.78 is 16.5. The van der Waals surface area contributed by atoms with Gasteiger partial charge in [0.25, 0.3) is 0 Å². The van der Waals surface area contributed by atoms with Gasteiger partial charge in [0.1, 0.15) is 5.75 Å². The van der Waals surface area contributed by atoms with E-state index in [0.29, 0.717) is 37.1 Å². The topological polar surface area (TPSA) is 60.0 Å². The Hall–Kier alpha value is -2.73. The summed E-state index contributed by atoms with van der Waals surface area (Å²) in [7, 11) is 3.25. The van der Waals surface area contributed by atoms with Crippen molar-refractivity contribution in [1.29, 1.82) is 0 Å². The number of methoxy groups -OCH3 is 2. The molecule has 1 amide bonds. The predicted octanol–water partition coefficient (Wildman–Crippen LogP) is 3.15. The van der Waals surface area contributed by atoms with Gasteiger partial charge in [0.2, 0.25) is 5.91 Å². The monoisotopic (exact) mass is 412 g/mol. The van der Waals surface area contributed by atoms with Gasteiger partial charge in [-0.3, -0.25) is 9.69 Å². The molecule has 1 atom stereocenters. The van der Waals surface area contributed by atoms with Crippen molar-refractivity contribution in [2.45, 2.75) is 19.3 Å². The number of piperidine rings is 1. The molecule has 1 fully saturated rings. The Labute approximate surface area is 179 Å². The Morgan fingerprint density at radius 3 is 2.67 bits per heavy atom. The second-order valence-corrected chi connectivity index (χ2v) is 7.66. The fourth-order valence-electron chi connectivity index (χ4n) is 3.80. The smallest absolute Gasteiger partial charge is 0.234 e. The van der Waals surface area contributed by atoms with Crippen LogP contribution in [0.25, 0.3) is 0 Å². The second-order valence-electron chi connectivity index (χ2n) is 7.66. The third-order valence-electron chi connectivity index (χ3n) is 5.38. The van der Waals surface area contributed by atoms with Crippen LogP contribution < -0.4 is 19.5 Å². The highest BCUT2D eigenvalue weighted by Crippen LogP contribution is 2.27. The summed E-state index contributed by atoms with van der Waals surface area (Å²) >= 11 is 0. The third kappa shape index (κ3) is 6.66. The van der Waals surface area contributed by atoms with E-state index in [1.807, 2.05) is 48.5 Å². The molecular weight excluding hydrogens is 380 g/mol. The molecule has 2 aromatic rings. The standard InChI is InChI=1S/C24H32N2O4/c1-28-22-11-10-19(15-23(22)29-2)12-13-25-24(27)17-26-14-6-7-20(16-26)18-30-21-8-4-3-5-9-21/h3-5,8-11,15,20H,6-7,12-14,16-18H2,1-2H3,(H,25,27). The number of nitrogens with one attached hydrogen (secondary N) is 1. The first-order valence-electron chi connectivity index (χ1n) is 10.6. The zero-order chi connectivity index (χ0) is 21.2. The maximum atomic E-state index is 12.4. The van der Waals surface area contributed by atoms with Crippen molar-refractivity contribution in [3.8, 4) is 17.2 Å². The highest BCUT2D eigenvalue weighted by atomic mass is 16.5. The summed E-state index contributed by atoms with van der Waals surface area (Å²) in [5.74, 6) is 2.85. The fourth-order valence-corrected chi connectivity index (χ4v) is 3.80. The van der Waals surface area contributed by atoms with E-state index >= 15 is 0 Å². The van der Waals surface area contributed by atoms with Gasteiger partial charge < -0.3 is 19.5 Å². The molecule has 30 heavy (non-hydrogen) atoms. The zero-order valence-corrected chi connectivity index (χ0v) is 17.9. The lowest BCUT2D eigenvalue weighted by molar-refractivity contribution is -0.122. The predicted molar refractivity (Wildman–Crippen MR) is 117 cm³/mol. The second kappa shape index (κ2) is 11.5. The van der Waals surface area contributed by atoms with Gasteiger partial charge in [-0.15, -0.1) is 0 Å². The van der Waals surface area contributed by atoms with Crippen LogP contribution in [0.15, 0.2) is 48.5 Å². The molecule has 6 heteroatoms. The van der Waals surface area contributed by atoms with E-state index < -0.39 is 0 Å². The summed E-state index contributed by atoms with van der Waals surface area (Å²) in [6.45, 7) is 3.60. The lowest BCUT2D eigenvalue weighted by atomic mass is 9.99. The van der Waals surface area contributed by atoms with Gasteiger partial charge in [0.05, 0.1) is 27.4 Å². The van der Waals surface area contributed by atoms with Crippen LogP contribution >= 0.6 is 0 Å². The average Bonchev–Trinajstić information content (AvgIpc) is 2.78. The van der Waals surface area contributed by atoms with E-state index in [-0.39, 0.29) is 5.91 Å². The number of benzene rings is 2.